The maximum absolute atomic E-state index is 11.6. The molecule has 0 amide bonds. The van der Waals surface area contributed by atoms with Gasteiger partial charge in [0.1, 0.15) is 5.69 Å². The van der Waals surface area contributed by atoms with Crippen LogP contribution in [0, 0.1) is 10.1 Å². The van der Waals surface area contributed by atoms with Crippen LogP contribution in [0.1, 0.15) is 0 Å². The SMILES string of the molecule is O=c1cc(Cl)cnn1-c1ccccc1[N+](=O)[O-]. The lowest BCUT2D eigenvalue weighted by atomic mass is 10.3. The Bertz CT molecular complexity index is 639. The predicted octanol–water partition coefficient (Wildman–Crippen LogP) is 1.79. The van der Waals surface area contributed by atoms with Gasteiger partial charge in [0.25, 0.3) is 11.2 Å². The fourth-order valence-corrected chi connectivity index (χ4v) is 1.50. The molecule has 0 aliphatic heterocycles. The van der Waals surface area contributed by atoms with Gasteiger partial charge in [0, 0.05) is 12.1 Å². The molecular weight excluding hydrogens is 246 g/mol. The molecule has 1 heterocycles. The van der Waals surface area contributed by atoms with E-state index in [1.165, 1.54) is 24.4 Å². The highest BCUT2D eigenvalue weighted by atomic mass is 35.5. The van der Waals surface area contributed by atoms with Crippen LogP contribution >= 0.6 is 11.6 Å². The molecule has 0 radical (unpaired) electrons. The van der Waals surface area contributed by atoms with Crippen molar-refractivity contribution in [2.24, 2.45) is 0 Å². The van der Waals surface area contributed by atoms with Crippen molar-refractivity contribution >= 4 is 17.3 Å². The molecule has 0 N–H and O–H groups in total. The maximum Gasteiger partial charge on any atom is 0.295 e. The minimum Gasteiger partial charge on any atom is -0.267 e. The predicted molar refractivity (Wildman–Crippen MR) is 61.5 cm³/mol. The molecule has 6 nitrogen and oxygen atoms in total. The van der Waals surface area contributed by atoms with Crippen molar-refractivity contribution in [2.45, 2.75) is 0 Å². The number of hydrogen-bond donors (Lipinski definition) is 0. The zero-order valence-corrected chi connectivity index (χ0v) is 9.16. The fraction of sp³-hybridized carbons (Fsp3) is 0. The molecule has 2 rings (SSSR count). The minimum absolute atomic E-state index is 0.110. The first kappa shape index (κ1) is 11.3. The molecule has 2 aromatic rings. The van der Waals surface area contributed by atoms with Crippen LogP contribution in [0.5, 0.6) is 0 Å². The van der Waals surface area contributed by atoms with Gasteiger partial charge >= 0.3 is 0 Å². The molecule has 1 aromatic carbocycles. The summed E-state index contributed by atoms with van der Waals surface area (Å²) >= 11 is 5.60. The highest BCUT2D eigenvalue weighted by Gasteiger charge is 2.15. The monoisotopic (exact) mass is 251 g/mol. The molecule has 17 heavy (non-hydrogen) atoms. The quantitative estimate of drug-likeness (QED) is 0.602. The number of aromatic nitrogens is 2. The number of nitro benzene ring substituents is 1. The van der Waals surface area contributed by atoms with Crippen molar-refractivity contribution in [1.29, 1.82) is 0 Å². The summed E-state index contributed by atoms with van der Waals surface area (Å²) in [5.74, 6) is 0. The van der Waals surface area contributed by atoms with Crippen LogP contribution in [0.25, 0.3) is 5.69 Å². The van der Waals surface area contributed by atoms with Gasteiger partial charge < -0.3 is 0 Å². The van der Waals surface area contributed by atoms with Gasteiger partial charge in [-0.25, -0.2) is 0 Å². The van der Waals surface area contributed by atoms with Gasteiger partial charge in [0.05, 0.1) is 16.1 Å². The van der Waals surface area contributed by atoms with E-state index in [1.54, 1.807) is 6.07 Å². The number of rotatable bonds is 2. The van der Waals surface area contributed by atoms with Crippen LogP contribution in [-0.2, 0) is 0 Å². The second-order valence-corrected chi connectivity index (χ2v) is 3.61. The minimum atomic E-state index is -0.571. The largest absolute Gasteiger partial charge is 0.295 e. The summed E-state index contributed by atoms with van der Waals surface area (Å²) in [5, 5.41) is 14.8. The van der Waals surface area contributed by atoms with E-state index >= 15 is 0 Å². The van der Waals surface area contributed by atoms with Crippen LogP contribution in [0.15, 0.2) is 41.3 Å². The molecule has 0 spiro atoms. The van der Waals surface area contributed by atoms with E-state index < -0.39 is 10.5 Å². The molecule has 0 aliphatic carbocycles. The van der Waals surface area contributed by atoms with Crippen molar-refractivity contribution in [1.82, 2.24) is 9.78 Å². The van der Waals surface area contributed by atoms with Crippen molar-refractivity contribution in [3.8, 4) is 5.69 Å². The summed E-state index contributed by atoms with van der Waals surface area (Å²) in [6.45, 7) is 0. The highest BCUT2D eigenvalue weighted by molar-refractivity contribution is 6.30. The van der Waals surface area contributed by atoms with Crippen LogP contribution in [-0.4, -0.2) is 14.7 Å². The topological polar surface area (TPSA) is 78.0 Å². The molecule has 1 aromatic heterocycles. The van der Waals surface area contributed by atoms with Crippen molar-refractivity contribution < 1.29 is 4.92 Å². The van der Waals surface area contributed by atoms with E-state index in [2.05, 4.69) is 5.10 Å². The molecule has 0 unspecified atom stereocenters. The van der Waals surface area contributed by atoms with Gasteiger partial charge in [-0.15, -0.1) is 0 Å². The summed E-state index contributed by atoms with van der Waals surface area (Å²) < 4.78 is 0.935. The summed E-state index contributed by atoms with van der Waals surface area (Å²) in [4.78, 5) is 21.8. The Kier molecular flexibility index (Phi) is 2.88. The zero-order chi connectivity index (χ0) is 12.4. The second-order valence-electron chi connectivity index (χ2n) is 3.17. The summed E-state index contributed by atoms with van der Waals surface area (Å²) in [7, 11) is 0. The molecule has 86 valence electrons. The third kappa shape index (κ3) is 2.16. The van der Waals surface area contributed by atoms with Crippen LogP contribution in [0.3, 0.4) is 0 Å². The van der Waals surface area contributed by atoms with Crippen LogP contribution < -0.4 is 5.56 Å². The standard InChI is InChI=1S/C10H6ClN3O3/c11-7-5-10(15)13(12-6-7)8-3-1-2-4-9(8)14(16)17/h1-6H. The summed E-state index contributed by atoms with van der Waals surface area (Å²) in [6, 6.07) is 7.00. The Hall–Kier alpha value is -2.21. The lowest BCUT2D eigenvalue weighted by molar-refractivity contribution is -0.384. The zero-order valence-electron chi connectivity index (χ0n) is 8.41. The van der Waals surface area contributed by atoms with Crippen molar-refractivity contribution in [3.05, 3.63) is 62.0 Å². The summed E-state index contributed by atoms with van der Waals surface area (Å²) in [5.41, 5.74) is -0.601. The van der Waals surface area contributed by atoms with E-state index in [4.69, 9.17) is 11.6 Å². The molecule has 0 aliphatic rings. The number of hydrogen-bond acceptors (Lipinski definition) is 4. The van der Waals surface area contributed by atoms with E-state index in [1.807, 2.05) is 0 Å². The van der Waals surface area contributed by atoms with Gasteiger partial charge in [0.15, 0.2) is 0 Å². The Morgan fingerprint density at radius 1 is 1.35 bits per heavy atom. The molecule has 0 fully saturated rings. The first-order valence-electron chi connectivity index (χ1n) is 4.58. The van der Waals surface area contributed by atoms with Gasteiger partial charge in [-0.3, -0.25) is 14.9 Å². The molecule has 0 bridgehead atoms. The van der Waals surface area contributed by atoms with Crippen molar-refractivity contribution in [3.63, 3.8) is 0 Å². The lowest BCUT2D eigenvalue weighted by Crippen LogP contribution is -2.20. The van der Waals surface area contributed by atoms with Gasteiger partial charge in [-0.1, -0.05) is 23.7 Å². The van der Waals surface area contributed by atoms with Gasteiger partial charge in [-0.05, 0) is 6.07 Å². The normalized spacial score (nSPS) is 10.2. The number of nitrogens with zero attached hydrogens (tertiary/aromatic N) is 3. The van der Waals surface area contributed by atoms with Crippen LogP contribution in [0.4, 0.5) is 5.69 Å². The Labute approximate surface area is 100 Å². The molecule has 0 atom stereocenters. The number of para-hydroxylation sites is 2. The van der Waals surface area contributed by atoms with E-state index in [9.17, 15) is 14.9 Å². The van der Waals surface area contributed by atoms with E-state index in [0.29, 0.717) is 0 Å². The lowest BCUT2D eigenvalue weighted by Gasteiger charge is -2.04. The van der Waals surface area contributed by atoms with Gasteiger partial charge in [0.2, 0.25) is 0 Å². The molecule has 7 heteroatoms. The number of benzene rings is 1. The maximum atomic E-state index is 11.6. The van der Waals surface area contributed by atoms with Crippen molar-refractivity contribution in [2.75, 3.05) is 0 Å². The van der Waals surface area contributed by atoms with Crippen LogP contribution in [0.2, 0.25) is 5.02 Å². The number of halogens is 1. The first-order valence-corrected chi connectivity index (χ1v) is 4.96. The molecule has 0 saturated carbocycles. The van der Waals surface area contributed by atoms with E-state index in [0.717, 1.165) is 10.7 Å². The average molecular weight is 252 g/mol. The summed E-state index contributed by atoms with van der Waals surface area (Å²) in [6.07, 6.45) is 1.25. The molecular formula is C10H6ClN3O3. The third-order valence-electron chi connectivity index (χ3n) is 2.07. The third-order valence-corrected chi connectivity index (χ3v) is 2.28. The molecule has 0 saturated heterocycles. The van der Waals surface area contributed by atoms with E-state index in [-0.39, 0.29) is 16.4 Å². The number of nitro groups is 1. The average Bonchev–Trinajstić information content (AvgIpc) is 2.29. The Balaban J connectivity index is 2.69. The Morgan fingerprint density at radius 3 is 2.71 bits per heavy atom. The Morgan fingerprint density at radius 2 is 2.06 bits per heavy atom. The first-order chi connectivity index (χ1) is 8.09. The second kappa shape index (κ2) is 4.34. The fourth-order valence-electron chi connectivity index (χ4n) is 1.36. The smallest absolute Gasteiger partial charge is 0.267 e. The highest BCUT2D eigenvalue weighted by Crippen LogP contribution is 2.19. The van der Waals surface area contributed by atoms with Gasteiger partial charge in [-0.2, -0.15) is 9.78 Å².